The van der Waals surface area contributed by atoms with Gasteiger partial charge in [-0.05, 0) is 29.3 Å². The number of hydrogen-bond acceptors (Lipinski definition) is 2. The highest BCUT2D eigenvalue weighted by Crippen LogP contribution is 2.06. The molecular weight excluding hydrogens is 186 g/mol. The van der Waals surface area contributed by atoms with Crippen LogP contribution in [0.1, 0.15) is 11.1 Å². The lowest BCUT2D eigenvalue weighted by molar-refractivity contribution is 0.694. The normalized spacial score (nSPS) is 10.4. The van der Waals surface area contributed by atoms with Gasteiger partial charge in [-0.15, -0.1) is 0 Å². The molecule has 0 unspecified atom stereocenters. The van der Waals surface area contributed by atoms with Gasteiger partial charge in [0.05, 0.1) is 0 Å². The highest BCUT2D eigenvalue weighted by molar-refractivity contribution is 5.40. The Morgan fingerprint density at radius 3 is 2.73 bits per heavy atom. The molecule has 2 aromatic rings. The molecule has 78 valence electrons. The fourth-order valence-electron chi connectivity index (χ4n) is 1.52. The van der Waals surface area contributed by atoms with E-state index in [-0.39, 0.29) is 0 Å². The average molecular weight is 201 g/mol. The van der Waals surface area contributed by atoms with Gasteiger partial charge < -0.3 is 16.0 Å². The van der Waals surface area contributed by atoms with Gasteiger partial charge in [0.1, 0.15) is 0 Å². The second kappa shape index (κ2) is 4.66. The number of nitrogen functional groups attached to an aromatic ring is 1. The lowest BCUT2D eigenvalue weighted by Gasteiger charge is -2.04. The van der Waals surface area contributed by atoms with Gasteiger partial charge in [-0.1, -0.05) is 12.1 Å². The van der Waals surface area contributed by atoms with E-state index in [1.165, 1.54) is 11.1 Å². The largest absolute Gasteiger partial charge is 0.399 e. The van der Waals surface area contributed by atoms with Crippen molar-refractivity contribution >= 4 is 5.69 Å². The number of H-pyrrole nitrogens is 1. The summed E-state index contributed by atoms with van der Waals surface area (Å²) in [5.74, 6) is 0. The molecule has 0 aliphatic carbocycles. The molecule has 0 spiro atoms. The molecule has 0 saturated carbocycles. The van der Waals surface area contributed by atoms with Gasteiger partial charge in [-0.3, -0.25) is 0 Å². The van der Waals surface area contributed by atoms with Crippen molar-refractivity contribution in [1.29, 1.82) is 0 Å². The van der Waals surface area contributed by atoms with Gasteiger partial charge in [0.2, 0.25) is 0 Å². The molecule has 4 N–H and O–H groups in total. The van der Waals surface area contributed by atoms with Gasteiger partial charge in [0.25, 0.3) is 0 Å². The van der Waals surface area contributed by atoms with Crippen molar-refractivity contribution in [2.24, 2.45) is 0 Å². The van der Waals surface area contributed by atoms with Gasteiger partial charge in [0.15, 0.2) is 0 Å². The number of nitrogens with one attached hydrogen (secondary N) is 2. The topological polar surface area (TPSA) is 53.8 Å². The second-order valence-corrected chi connectivity index (χ2v) is 3.57. The number of anilines is 1. The van der Waals surface area contributed by atoms with Crippen molar-refractivity contribution in [1.82, 2.24) is 10.3 Å². The van der Waals surface area contributed by atoms with Gasteiger partial charge >= 0.3 is 0 Å². The number of hydrogen-bond donors (Lipinski definition) is 3. The van der Waals surface area contributed by atoms with Crippen LogP contribution in [0.3, 0.4) is 0 Å². The van der Waals surface area contributed by atoms with Gasteiger partial charge in [-0.25, -0.2) is 0 Å². The minimum atomic E-state index is 0.816. The van der Waals surface area contributed by atoms with Crippen LogP contribution in [0.4, 0.5) is 5.69 Å². The second-order valence-electron chi connectivity index (χ2n) is 3.57. The van der Waals surface area contributed by atoms with Crippen LogP contribution in [0.25, 0.3) is 0 Å². The number of aromatic nitrogens is 1. The summed E-state index contributed by atoms with van der Waals surface area (Å²) in [5.41, 5.74) is 8.98. The first-order valence-corrected chi connectivity index (χ1v) is 5.01. The van der Waals surface area contributed by atoms with Crippen LogP contribution in [0.5, 0.6) is 0 Å². The molecule has 0 aliphatic rings. The molecule has 0 atom stereocenters. The van der Waals surface area contributed by atoms with Crippen LogP contribution in [0.15, 0.2) is 42.7 Å². The Morgan fingerprint density at radius 2 is 2.00 bits per heavy atom. The Labute approximate surface area is 89.3 Å². The molecule has 1 aromatic heterocycles. The SMILES string of the molecule is Nc1cccc(CNCc2cc[nH]c2)c1. The Balaban J connectivity index is 1.83. The molecule has 1 aromatic carbocycles. The van der Waals surface area contributed by atoms with E-state index in [9.17, 15) is 0 Å². The molecular formula is C12H15N3. The van der Waals surface area contributed by atoms with Crippen molar-refractivity contribution in [2.45, 2.75) is 13.1 Å². The molecule has 15 heavy (non-hydrogen) atoms. The van der Waals surface area contributed by atoms with Crippen molar-refractivity contribution < 1.29 is 0 Å². The average Bonchev–Trinajstić information content (AvgIpc) is 2.71. The summed E-state index contributed by atoms with van der Waals surface area (Å²) in [4.78, 5) is 3.03. The molecule has 0 radical (unpaired) electrons. The smallest absolute Gasteiger partial charge is 0.0317 e. The summed E-state index contributed by atoms with van der Waals surface area (Å²) in [6, 6.07) is 10.00. The van der Waals surface area contributed by atoms with Crippen LogP contribution in [-0.2, 0) is 13.1 Å². The molecule has 3 heteroatoms. The van der Waals surface area contributed by atoms with Crippen LogP contribution in [0, 0.1) is 0 Å². The number of aromatic amines is 1. The molecule has 0 saturated heterocycles. The van der Waals surface area contributed by atoms with E-state index in [1.807, 2.05) is 30.6 Å². The zero-order valence-electron chi connectivity index (χ0n) is 8.53. The van der Waals surface area contributed by atoms with Crippen molar-refractivity contribution in [3.63, 3.8) is 0 Å². The van der Waals surface area contributed by atoms with Crippen LogP contribution in [-0.4, -0.2) is 4.98 Å². The van der Waals surface area contributed by atoms with Gasteiger partial charge in [0, 0.05) is 31.2 Å². The predicted molar refractivity (Wildman–Crippen MR) is 62.2 cm³/mol. The maximum atomic E-state index is 5.69. The zero-order valence-corrected chi connectivity index (χ0v) is 8.53. The standard InChI is InChI=1S/C12H15N3/c13-12-3-1-2-10(6-12)7-15-9-11-4-5-14-8-11/h1-6,8,14-15H,7,9,13H2. The van der Waals surface area contributed by atoms with E-state index in [1.54, 1.807) is 0 Å². The van der Waals surface area contributed by atoms with E-state index >= 15 is 0 Å². The van der Waals surface area contributed by atoms with Crippen LogP contribution in [0.2, 0.25) is 0 Å². The first-order chi connectivity index (χ1) is 7.34. The first kappa shape index (κ1) is 9.80. The van der Waals surface area contributed by atoms with Crippen LogP contribution < -0.4 is 11.1 Å². The van der Waals surface area contributed by atoms with Gasteiger partial charge in [-0.2, -0.15) is 0 Å². The Bertz CT molecular complexity index is 407. The highest BCUT2D eigenvalue weighted by atomic mass is 14.9. The summed E-state index contributed by atoms with van der Waals surface area (Å²) < 4.78 is 0. The highest BCUT2D eigenvalue weighted by Gasteiger charge is 1.94. The number of rotatable bonds is 4. The summed E-state index contributed by atoms with van der Waals surface area (Å²) in [6.45, 7) is 1.72. The third-order valence-electron chi connectivity index (χ3n) is 2.27. The summed E-state index contributed by atoms with van der Waals surface area (Å²) in [5, 5.41) is 3.36. The molecule has 0 bridgehead atoms. The van der Waals surface area contributed by atoms with Crippen molar-refractivity contribution in [2.75, 3.05) is 5.73 Å². The molecule has 0 fully saturated rings. The first-order valence-electron chi connectivity index (χ1n) is 5.01. The van der Waals surface area contributed by atoms with Crippen molar-refractivity contribution in [3.05, 3.63) is 53.9 Å². The Hall–Kier alpha value is -1.74. The summed E-state index contributed by atoms with van der Waals surface area (Å²) in [6.07, 6.45) is 3.92. The van der Waals surface area contributed by atoms with Crippen LogP contribution >= 0.6 is 0 Å². The van der Waals surface area contributed by atoms with E-state index in [0.717, 1.165) is 18.8 Å². The molecule has 3 nitrogen and oxygen atoms in total. The minimum absolute atomic E-state index is 0.816. The maximum Gasteiger partial charge on any atom is 0.0317 e. The number of benzene rings is 1. The predicted octanol–water partition coefficient (Wildman–Crippen LogP) is 1.89. The Morgan fingerprint density at radius 1 is 1.13 bits per heavy atom. The summed E-state index contributed by atoms with van der Waals surface area (Å²) in [7, 11) is 0. The third kappa shape index (κ3) is 2.86. The third-order valence-corrected chi connectivity index (χ3v) is 2.27. The van der Waals surface area contributed by atoms with E-state index in [2.05, 4.69) is 22.4 Å². The minimum Gasteiger partial charge on any atom is -0.399 e. The lowest BCUT2D eigenvalue weighted by atomic mass is 10.2. The number of nitrogens with two attached hydrogens (primary N) is 1. The van der Waals surface area contributed by atoms with E-state index < -0.39 is 0 Å². The Kier molecular flexibility index (Phi) is 3.05. The molecule has 1 heterocycles. The fraction of sp³-hybridized carbons (Fsp3) is 0.167. The lowest BCUT2D eigenvalue weighted by Crippen LogP contribution is -2.12. The van der Waals surface area contributed by atoms with E-state index in [0.29, 0.717) is 0 Å². The van der Waals surface area contributed by atoms with E-state index in [4.69, 9.17) is 5.73 Å². The molecule has 2 rings (SSSR count). The zero-order chi connectivity index (χ0) is 10.5. The molecule has 0 amide bonds. The molecule has 0 aliphatic heterocycles. The quantitative estimate of drug-likeness (QED) is 0.662. The summed E-state index contributed by atoms with van der Waals surface area (Å²) >= 11 is 0. The fourth-order valence-corrected chi connectivity index (χ4v) is 1.52. The van der Waals surface area contributed by atoms with Crippen molar-refractivity contribution in [3.8, 4) is 0 Å². The monoisotopic (exact) mass is 201 g/mol. The maximum absolute atomic E-state index is 5.69.